The van der Waals surface area contributed by atoms with Gasteiger partial charge in [-0.25, -0.2) is 9.79 Å². The molecular formula is C20H17BrINO4. The van der Waals surface area contributed by atoms with Crippen LogP contribution in [0.5, 0.6) is 11.5 Å². The maximum Gasteiger partial charge on any atom is 0.363 e. The van der Waals surface area contributed by atoms with Crippen LogP contribution in [-0.4, -0.2) is 25.6 Å². The molecule has 27 heavy (non-hydrogen) atoms. The molecule has 0 aliphatic carbocycles. The molecule has 0 spiro atoms. The summed E-state index contributed by atoms with van der Waals surface area (Å²) in [4.78, 5) is 16.6. The fourth-order valence-electron chi connectivity index (χ4n) is 2.48. The first kappa shape index (κ1) is 19.9. The van der Waals surface area contributed by atoms with Crippen molar-refractivity contribution in [1.29, 1.82) is 0 Å². The lowest BCUT2D eigenvalue weighted by Gasteiger charge is -2.13. The highest BCUT2D eigenvalue weighted by atomic mass is 127. The zero-order valence-electron chi connectivity index (χ0n) is 14.8. The largest absolute Gasteiger partial charge is 0.493 e. The first-order chi connectivity index (χ1) is 13.0. The summed E-state index contributed by atoms with van der Waals surface area (Å²) in [5, 5.41) is 0. The summed E-state index contributed by atoms with van der Waals surface area (Å²) in [6.45, 7) is 2.66. The number of methoxy groups -OCH3 is 1. The molecule has 7 heteroatoms. The number of carbonyl (C=O) groups is 1. The zero-order chi connectivity index (χ0) is 19.4. The van der Waals surface area contributed by atoms with E-state index in [1.54, 1.807) is 13.2 Å². The Bertz CT molecular complexity index is 940. The molecule has 1 heterocycles. The number of aliphatic imine (C=N–C) groups is 1. The average molecular weight is 542 g/mol. The van der Waals surface area contributed by atoms with Crippen LogP contribution in [0.3, 0.4) is 0 Å². The molecule has 0 saturated carbocycles. The predicted octanol–water partition coefficient (Wildman–Crippen LogP) is 5.20. The number of cyclic esters (lactones) is 1. The summed E-state index contributed by atoms with van der Waals surface area (Å²) in [6.07, 6.45) is 2.59. The maximum absolute atomic E-state index is 12.2. The van der Waals surface area contributed by atoms with Crippen molar-refractivity contribution in [3.05, 3.63) is 61.3 Å². The van der Waals surface area contributed by atoms with Crippen molar-refractivity contribution in [3.8, 4) is 11.5 Å². The van der Waals surface area contributed by atoms with E-state index in [0.29, 0.717) is 18.1 Å². The first-order valence-electron chi connectivity index (χ1n) is 8.30. The Labute approximate surface area is 179 Å². The summed E-state index contributed by atoms with van der Waals surface area (Å²) < 4.78 is 18.3. The molecule has 0 fully saturated rings. The van der Waals surface area contributed by atoms with Crippen LogP contribution in [0.25, 0.3) is 6.08 Å². The van der Waals surface area contributed by atoms with Gasteiger partial charge in [-0.3, -0.25) is 0 Å². The van der Waals surface area contributed by atoms with Crippen LogP contribution in [0, 0.1) is 3.57 Å². The van der Waals surface area contributed by atoms with Crippen LogP contribution < -0.4 is 9.47 Å². The number of hydrogen-bond acceptors (Lipinski definition) is 5. The number of nitrogens with zero attached hydrogens (tertiary/aromatic N) is 1. The molecule has 1 aliphatic heterocycles. The van der Waals surface area contributed by atoms with Gasteiger partial charge in [0.15, 0.2) is 17.2 Å². The van der Waals surface area contributed by atoms with E-state index in [1.807, 2.05) is 43.3 Å². The van der Waals surface area contributed by atoms with Crippen molar-refractivity contribution in [1.82, 2.24) is 0 Å². The van der Waals surface area contributed by atoms with Crippen LogP contribution >= 0.6 is 38.5 Å². The smallest absolute Gasteiger partial charge is 0.363 e. The molecule has 2 aromatic carbocycles. The number of halogens is 2. The lowest BCUT2D eigenvalue weighted by Crippen LogP contribution is -2.05. The molecule has 0 aromatic heterocycles. The fraction of sp³-hybridized carbons (Fsp3) is 0.200. The number of benzene rings is 2. The van der Waals surface area contributed by atoms with Crippen molar-refractivity contribution in [3.63, 3.8) is 0 Å². The Morgan fingerprint density at radius 2 is 2.11 bits per heavy atom. The topological polar surface area (TPSA) is 57.1 Å². The van der Waals surface area contributed by atoms with Gasteiger partial charge in [-0.2, -0.15) is 0 Å². The van der Waals surface area contributed by atoms with E-state index in [-0.39, 0.29) is 11.6 Å². The van der Waals surface area contributed by atoms with Gasteiger partial charge in [-0.05, 0) is 71.0 Å². The summed E-state index contributed by atoms with van der Waals surface area (Å²) >= 11 is 5.60. The molecular weight excluding hydrogens is 525 g/mol. The Kier molecular flexibility index (Phi) is 6.54. The van der Waals surface area contributed by atoms with Crippen LogP contribution in [0.1, 0.15) is 24.5 Å². The van der Waals surface area contributed by atoms with Crippen LogP contribution in [0.4, 0.5) is 0 Å². The molecule has 2 aromatic rings. The summed E-state index contributed by atoms with van der Waals surface area (Å²) in [5.74, 6) is 1.13. The van der Waals surface area contributed by atoms with Crippen molar-refractivity contribution in [2.24, 2.45) is 4.99 Å². The Hall–Kier alpha value is -1.87. The Morgan fingerprint density at radius 3 is 2.81 bits per heavy atom. The van der Waals surface area contributed by atoms with Gasteiger partial charge in [0.1, 0.15) is 0 Å². The summed E-state index contributed by atoms with van der Waals surface area (Å²) in [5.41, 5.74) is 1.76. The minimum absolute atomic E-state index is 0.241. The molecule has 5 nitrogen and oxygen atoms in total. The van der Waals surface area contributed by atoms with Gasteiger partial charge in [-0.15, -0.1) is 0 Å². The van der Waals surface area contributed by atoms with Crippen molar-refractivity contribution in [2.45, 2.75) is 13.3 Å². The normalized spacial score (nSPS) is 14.9. The predicted molar refractivity (Wildman–Crippen MR) is 116 cm³/mol. The highest BCUT2D eigenvalue weighted by Crippen LogP contribution is 2.35. The number of hydrogen-bond donors (Lipinski definition) is 0. The molecule has 0 unspecified atom stereocenters. The van der Waals surface area contributed by atoms with Gasteiger partial charge in [-0.1, -0.05) is 28.9 Å². The first-order valence-corrected chi connectivity index (χ1v) is 10.2. The van der Waals surface area contributed by atoms with Crippen molar-refractivity contribution in [2.75, 3.05) is 13.7 Å². The van der Waals surface area contributed by atoms with Gasteiger partial charge in [0.25, 0.3) is 0 Å². The average Bonchev–Trinajstić information content (AvgIpc) is 3.01. The molecule has 0 saturated heterocycles. The van der Waals surface area contributed by atoms with Crippen LogP contribution in [0.2, 0.25) is 0 Å². The lowest BCUT2D eigenvalue weighted by molar-refractivity contribution is -0.129. The van der Waals surface area contributed by atoms with Crippen LogP contribution in [-0.2, 0) is 9.53 Å². The zero-order valence-corrected chi connectivity index (χ0v) is 18.5. The lowest BCUT2D eigenvalue weighted by atomic mass is 10.1. The van der Waals surface area contributed by atoms with Crippen LogP contribution in [0.15, 0.2) is 51.6 Å². The van der Waals surface area contributed by atoms with E-state index in [9.17, 15) is 4.79 Å². The van der Waals surface area contributed by atoms with Gasteiger partial charge in [0.05, 0.1) is 17.3 Å². The Morgan fingerprint density at radius 1 is 1.30 bits per heavy atom. The molecule has 0 radical (unpaired) electrons. The van der Waals surface area contributed by atoms with E-state index in [2.05, 4.69) is 43.5 Å². The van der Waals surface area contributed by atoms with E-state index >= 15 is 0 Å². The molecule has 0 N–H and O–H groups in total. The fourth-order valence-corrected chi connectivity index (χ4v) is 3.66. The molecule has 1 aliphatic rings. The molecule has 0 bridgehead atoms. The highest BCUT2D eigenvalue weighted by Gasteiger charge is 2.24. The Balaban J connectivity index is 1.94. The summed E-state index contributed by atoms with van der Waals surface area (Å²) in [7, 11) is 1.59. The third kappa shape index (κ3) is 4.70. The third-order valence-corrected chi connectivity index (χ3v) is 4.99. The van der Waals surface area contributed by atoms with E-state index in [1.165, 1.54) is 0 Å². The highest BCUT2D eigenvalue weighted by molar-refractivity contribution is 14.1. The number of esters is 1. The monoisotopic (exact) mass is 541 g/mol. The number of carbonyl (C=O) groups excluding carboxylic acids is 1. The number of ether oxygens (including phenoxy) is 3. The third-order valence-electron chi connectivity index (χ3n) is 3.70. The van der Waals surface area contributed by atoms with Gasteiger partial charge in [0, 0.05) is 10.0 Å². The second kappa shape index (κ2) is 8.88. The quantitative estimate of drug-likeness (QED) is 0.287. The summed E-state index contributed by atoms with van der Waals surface area (Å²) in [6, 6.07) is 11.2. The minimum Gasteiger partial charge on any atom is -0.493 e. The molecule has 140 valence electrons. The van der Waals surface area contributed by atoms with Gasteiger partial charge in [0.2, 0.25) is 5.90 Å². The van der Waals surface area contributed by atoms with E-state index in [0.717, 1.165) is 25.6 Å². The molecule has 0 amide bonds. The molecule has 3 rings (SSSR count). The second-order valence-electron chi connectivity index (χ2n) is 5.73. The van der Waals surface area contributed by atoms with E-state index < -0.39 is 5.97 Å². The maximum atomic E-state index is 12.2. The standard InChI is InChI=1S/C20H17BrINO4/c1-3-7-26-18-15(22)8-12(10-17(18)25-2)9-16-20(24)27-19(23-16)13-5-4-6-14(21)11-13/h4-6,8-11H,3,7H2,1-2H3/b16-9-. The van der Waals surface area contributed by atoms with Crippen molar-refractivity contribution >= 4 is 56.5 Å². The second-order valence-corrected chi connectivity index (χ2v) is 7.81. The van der Waals surface area contributed by atoms with Gasteiger partial charge < -0.3 is 14.2 Å². The SMILES string of the molecule is CCCOc1c(I)cc(/C=C2\N=C(c3cccc(Br)c3)OC2=O)cc1OC. The molecule has 0 atom stereocenters. The minimum atomic E-state index is -0.481. The van der Waals surface area contributed by atoms with E-state index in [4.69, 9.17) is 14.2 Å². The number of rotatable bonds is 6. The van der Waals surface area contributed by atoms with Gasteiger partial charge >= 0.3 is 5.97 Å². The van der Waals surface area contributed by atoms with Crippen molar-refractivity contribution < 1.29 is 19.0 Å².